The smallest absolute Gasteiger partial charge is 0.290 e. The Kier molecular flexibility index (Phi) is 17.2. The van der Waals surface area contributed by atoms with Crippen molar-refractivity contribution in [1.82, 2.24) is 24.3 Å². The lowest BCUT2D eigenvalue weighted by atomic mass is 10.0. The number of carboxylic acid groups (broad SMARTS) is 1. The average Bonchev–Trinajstić information content (AvgIpc) is 4.00. The predicted molar refractivity (Wildman–Crippen MR) is 237 cm³/mol. The Hall–Kier alpha value is -5.00. The lowest BCUT2D eigenvalue weighted by molar-refractivity contribution is -0.133. The largest absolute Gasteiger partial charge is 0.483 e. The van der Waals surface area contributed by atoms with Gasteiger partial charge in [0.05, 0.1) is 75.2 Å². The van der Waals surface area contributed by atoms with Crippen molar-refractivity contribution in [3.05, 3.63) is 93.5 Å². The fourth-order valence-electron chi connectivity index (χ4n) is 8.47. The van der Waals surface area contributed by atoms with Crippen LogP contribution in [0, 0.1) is 19.7 Å². The summed E-state index contributed by atoms with van der Waals surface area (Å²) in [6.45, 7) is 10.9. The second-order valence-electron chi connectivity index (χ2n) is 16.4. The lowest BCUT2D eigenvalue weighted by Gasteiger charge is -2.40. The van der Waals surface area contributed by atoms with Crippen LogP contribution in [-0.4, -0.2) is 133 Å². The summed E-state index contributed by atoms with van der Waals surface area (Å²) in [6.07, 6.45) is 10.9. The monoisotopic (exact) mass is 858 g/mol. The number of nitrogens with zero attached hydrogens (tertiary/aromatic N) is 7. The van der Waals surface area contributed by atoms with Gasteiger partial charge in [0.15, 0.2) is 5.43 Å². The molecule has 2 atom stereocenters. The molecule has 2 aliphatic heterocycles. The van der Waals surface area contributed by atoms with Gasteiger partial charge < -0.3 is 44.3 Å². The quantitative estimate of drug-likeness (QED) is 0.0929. The molecule has 1 saturated carbocycles. The number of fused-ring (bicyclic) bond motifs is 1. The number of carbonyl (C=O) groups is 2. The molecule has 16 heteroatoms. The summed E-state index contributed by atoms with van der Waals surface area (Å²) in [5.74, 6) is -0.424. The first kappa shape index (κ1) is 46.5. The maximum absolute atomic E-state index is 16.3. The molecular weight excluding hydrogens is 796 g/mol. The number of benzene rings is 1. The third-order valence-corrected chi connectivity index (χ3v) is 11.9. The lowest BCUT2D eigenvalue weighted by Crippen LogP contribution is -2.48. The highest BCUT2D eigenvalue weighted by Gasteiger charge is 2.33. The highest BCUT2D eigenvalue weighted by Crippen LogP contribution is 2.39. The van der Waals surface area contributed by atoms with Crippen LogP contribution in [0.3, 0.4) is 0 Å². The topological polar surface area (TPSA) is 169 Å². The highest BCUT2D eigenvalue weighted by molar-refractivity contribution is 5.84. The van der Waals surface area contributed by atoms with Crippen molar-refractivity contribution in [1.29, 1.82) is 0 Å². The van der Waals surface area contributed by atoms with E-state index in [1.807, 2.05) is 50.5 Å². The first-order chi connectivity index (χ1) is 30.1. The third-order valence-electron chi connectivity index (χ3n) is 11.9. The Balaban J connectivity index is 0.00000208. The van der Waals surface area contributed by atoms with Gasteiger partial charge in [0.25, 0.3) is 6.47 Å². The molecule has 1 amide bonds. The number of piperidine rings is 1. The van der Waals surface area contributed by atoms with Crippen LogP contribution < -0.4 is 21.0 Å². The molecule has 3 aliphatic rings. The van der Waals surface area contributed by atoms with Gasteiger partial charge in [-0.15, -0.1) is 0 Å². The number of aromatic nitrogens is 3. The summed E-state index contributed by atoms with van der Waals surface area (Å²) in [7, 11) is 1.81. The number of hydrogen-bond acceptors (Lipinski definition) is 12. The van der Waals surface area contributed by atoms with E-state index in [0.717, 1.165) is 73.3 Å². The summed E-state index contributed by atoms with van der Waals surface area (Å²) in [4.78, 5) is 53.5. The van der Waals surface area contributed by atoms with Crippen molar-refractivity contribution in [3.63, 3.8) is 0 Å². The molecule has 0 unspecified atom stereocenters. The van der Waals surface area contributed by atoms with E-state index >= 15 is 4.39 Å². The number of anilines is 2. The molecular formula is C46H63FN8O7. The number of nitrogens with two attached hydrogens (primary N) is 1. The molecule has 62 heavy (non-hydrogen) atoms. The van der Waals surface area contributed by atoms with Gasteiger partial charge in [-0.2, -0.15) is 0 Å². The van der Waals surface area contributed by atoms with Gasteiger partial charge in [-0.05, 0) is 87.9 Å². The number of pyridine rings is 3. The van der Waals surface area contributed by atoms with Crippen molar-refractivity contribution in [2.75, 3.05) is 89.2 Å². The summed E-state index contributed by atoms with van der Waals surface area (Å²) in [5, 5.41) is 7.31. The second kappa shape index (κ2) is 22.9. The molecule has 3 aromatic heterocycles. The van der Waals surface area contributed by atoms with Gasteiger partial charge in [0.1, 0.15) is 5.82 Å². The van der Waals surface area contributed by atoms with Crippen LogP contribution in [0.25, 0.3) is 10.9 Å². The summed E-state index contributed by atoms with van der Waals surface area (Å²) in [6, 6.07) is 12.1. The number of halogens is 1. The zero-order valence-corrected chi connectivity index (χ0v) is 36.4. The Morgan fingerprint density at radius 3 is 2.32 bits per heavy atom. The molecule has 3 N–H and O–H groups in total. The zero-order chi connectivity index (χ0) is 44.0. The SMILES string of the molecule is Cc1ccc(N2CCC[C@H](N(Cc3ccnc(C)c3)Cc3cn(C4CC4)c4cc(N5CC[C@@H](N(C)C(=O)CCOCCOCCOCCN)C5)c(F)cc4c3=O)C2)cn1.O=CO. The van der Waals surface area contributed by atoms with Crippen molar-refractivity contribution in [2.24, 2.45) is 5.73 Å². The van der Waals surface area contributed by atoms with E-state index in [9.17, 15) is 9.59 Å². The molecule has 2 saturated heterocycles. The van der Waals surface area contributed by atoms with Crippen molar-refractivity contribution in [3.8, 4) is 0 Å². The van der Waals surface area contributed by atoms with E-state index in [0.29, 0.717) is 89.0 Å². The van der Waals surface area contributed by atoms with E-state index in [4.69, 9.17) is 29.8 Å². The van der Waals surface area contributed by atoms with Crippen molar-refractivity contribution < 1.29 is 33.3 Å². The first-order valence-electron chi connectivity index (χ1n) is 21.8. The van der Waals surface area contributed by atoms with Crippen LogP contribution >= 0.6 is 0 Å². The van der Waals surface area contributed by atoms with Crippen LogP contribution in [0.5, 0.6) is 0 Å². The molecule has 4 aromatic rings. The van der Waals surface area contributed by atoms with Gasteiger partial charge in [-0.1, -0.05) is 0 Å². The van der Waals surface area contributed by atoms with Gasteiger partial charge >= 0.3 is 0 Å². The molecule has 15 nitrogen and oxygen atoms in total. The predicted octanol–water partition coefficient (Wildman–Crippen LogP) is 4.69. The molecule has 5 heterocycles. The number of aryl methyl sites for hydroxylation is 2. The van der Waals surface area contributed by atoms with Crippen LogP contribution in [-0.2, 0) is 36.9 Å². The Labute approximate surface area is 363 Å². The number of ether oxygens (including phenoxy) is 3. The van der Waals surface area contributed by atoms with Crippen LogP contribution in [0.4, 0.5) is 15.8 Å². The van der Waals surface area contributed by atoms with Gasteiger partial charge in [0.2, 0.25) is 5.91 Å². The first-order valence-corrected chi connectivity index (χ1v) is 21.8. The Morgan fingerprint density at radius 1 is 0.903 bits per heavy atom. The Bertz CT molecular complexity index is 2140. The molecule has 1 aromatic carbocycles. The normalized spacial score (nSPS) is 17.6. The molecule has 7 rings (SSSR count). The fourth-order valence-corrected chi connectivity index (χ4v) is 8.47. The fraction of sp³-hybridized carbons (Fsp3) is 0.543. The highest BCUT2D eigenvalue weighted by atomic mass is 19.1. The Morgan fingerprint density at radius 2 is 1.63 bits per heavy atom. The second-order valence-corrected chi connectivity index (χ2v) is 16.4. The standard InChI is InChI=1S/C45H61FN8O5.CH2O2/c1-32-6-7-37(26-49-32)51-15-4-5-39(31-51)53(27-34-10-14-48-33(2)23-34)28-35-29-54(36-8-9-36)42-25-43(41(46)24-40(42)45(35)56)52-16-11-38(30-52)50(3)44(55)12-17-57-19-21-59-22-20-58-18-13-47;2-1-3/h6-7,10,14,23-26,29,36,38-39H,4-5,8-9,11-13,15-22,27-28,30-31,47H2,1-3H3;1H,(H,2,3)/t38-,39+;/m1./s1. The minimum atomic E-state index is -0.413. The third kappa shape index (κ3) is 12.6. The van der Waals surface area contributed by atoms with E-state index in [-0.39, 0.29) is 42.4 Å². The maximum atomic E-state index is 16.3. The van der Waals surface area contributed by atoms with E-state index in [2.05, 4.69) is 48.6 Å². The van der Waals surface area contributed by atoms with E-state index < -0.39 is 5.82 Å². The molecule has 336 valence electrons. The number of hydrogen-bond donors (Lipinski definition) is 2. The minimum Gasteiger partial charge on any atom is -0.483 e. The van der Waals surface area contributed by atoms with Crippen molar-refractivity contribution >= 4 is 34.7 Å². The number of carbonyl (C=O) groups excluding carboxylic acids is 1. The molecule has 0 bridgehead atoms. The van der Waals surface area contributed by atoms with Gasteiger partial charge in [0, 0.05) is 99.7 Å². The summed E-state index contributed by atoms with van der Waals surface area (Å²) < 4.78 is 34.9. The van der Waals surface area contributed by atoms with E-state index in [1.165, 1.54) is 6.07 Å². The molecule has 1 aliphatic carbocycles. The molecule has 0 radical (unpaired) electrons. The summed E-state index contributed by atoms with van der Waals surface area (Å²) in [5.41, 5.74) is 11.4. The van der Waals surface area contributed by atoms with Crippen molar-refractivity contribution in [2.45, 2.75) is 83.6 Å². The minimum absolute atomic E-state index is 0.0109. The maximum Gasteiger partial charge on any atom is 0.290 e. The number of amides is 1. The zero-order valence-electron chi connectivity index (χ0n) is 36.4. The number of likely N-dealkylation sites (N-methyl/N-ethyl adjacent to an activating group) is 1. The molecule has 0 spiro atoms. The van der Waals surface area contributed by atoms with Crippen LogP contribution in [0.2, 0.25) is 0 Å². The van der Waals surface area contributed by atoms with Gasteiger partial charge in [-0.25, -0.2) is 4.39 Å². The summed E-state index contributed by atoms with van der Waals surface area (Å²) >= 11 is 0. The number of rotatable bonds is 20. The van der Waals surface area contributed by atoms with E-state index in [1.54, 1.807) is 4.90 Å². The van der Waals surface area contributed by atoms with Crippen LogP contribution in [0.1, 0.15) is 67.1 Å². The molecule has 3 fully saturated rings. The van der Waals surface area contributed by atoms with Crippen LogP contribution in [0.15, 0.2) is 59.8 Å². The van der Waals surface area contributed by atoms with Gasteiger partial charge in [-0.3, -0.25) is 29.3 Å². The average molecular weight is 859 g/mol.